The lowest BCUT2D eigenvalue weighted by Crippen LogP contribution is -2.36. The number of carbonyl (C=O) groups excluding carboxylic acids is 2. The molecule has 0 atom stereocenters. The van der Waals surface area contributed by atoms with Crippen molar-refractivity contribution in [2.45, 2.75) is 65.5 Å². The smallest absolute Gasteiger partial charge is 0.407 e. The van der Waals surface area contributed by atoms with Crippen molar-refractivity contribution in [1.82, 2.24) is 10.6 Å². The van der Waals surface area contributed by atoms with E-state index < -0.39 is 11.7 Å². The van der Waals surface area contributed by atoms with Crippen LogP contribution in [0.15, 0.2) is 48.5 Å². The van der Waals surface area contributed by atoms with Crippen molar-refractivity contribution in [2.24, 2.45) is 5.92 Å². The van der Waals surface area contributed by atoms with Gasteiger partial charge in [-0.15, -0.1) is 0 Å². The Labute approximate surface area is 216 Å². The van der Waals surface area contributed by atoms with E-state index in [1.807, 2.05) is 32.0 Å². The van der Waals surface area contributed by atoms with E-state index in [0.29, 0.717) is 31.1 Å². The molecule has 196 valence electrons. The van der Waals surface area contributed by atoms with E-state index in [1.54, 1.807) is 12.1 Å². The summed E-state index contributed by atoms with van der Waals surface area (Å²) >= 11 is 0. The normalized spacial score (nSPS) is 13.5. The summed E-state index contributed by atoms with van der Waals surface area (Å²) in [5.74, 6) is 0.479. The zero-order valence-corrected chi connectivity index (χ0v) is 22.2. The molecule has 7 heteroatoms. The van der Waals surface area contributed by atoms with Gasteiger partial charge < -0.3 is 25.6 Å². The number of hydrogen-bond donors (Lipinski definition) is 3. The third-order valence-corrected chi connectivity index (χ3v) is 6.40. The second-order valence-corrected chi connectivity index (χ2v) is 10.6. The summed E-state index contributed by atoms with van der Waals surface area (Å²) in [5.41, 5.74) is 3.35. The van der Waals surface area contributed by atoms with E-state index in [0.717, 1.165) is 37.2 Å². The first-order valence-corrected chi connectivity index (χ1v) is 13.1. The van der Waals surface area contributed by atoms with E-state index in [-0.39, 0.29) is 5.91 Å². The van der Waals surface area contributed by atoms with Crippen LogP contribution in [0, 0.1) is 5.92 Å². The molecule has 0 spiro atoms. The monoisotopic (exact) mass is 494 g/mol. The molecular formula is C29H42N4O3. The maximum absolute atomic E-state index is 12.6. The standard InChI is InChI=1S/C29H42N4O3/c1-22(2)14-15-29(3,4)36-28(35)31-17-16-30-25-12-10-24(11-13-25)27(34)32-21-23-8-7-9-26(20-23)33-18-5-6-19-33/h7-13,20,22,30H,5-6,14-19,21H2,1-4H3,(H,31,35)(H,32,34). The van der Waals surface area contributed by atoms with Crippen LogP contribution in [0.2, 0.25) is 0 Å². The summed E-state index contributed by atoms with van der Waals surface area (Å²) < 4.78 is 5.55. The Hall–Kier alpha value is -3.22. The molecule has 1 aliphatic rings. The number of benzene rings is 2. The van der Waals surface area contributed by atoms with Gasteiger partial charge in [-0.1, -0.05) is 26.0 Å². The van der Waals surface area contributed by atoms with Gasteiger partial charge in [0.1, 0.15) is 5.60 Å². The Morgan fingerprint density at radius 1 is 1.00 bits per heavy atom. The lowest BCUT2D eigenvalue weighted by atomic mass is 9.97. The summed E-state index contributed by atoms with van der Waals surface area (Å²) in [7, 11) is 0. The van der Waals surface area contributed by atoms with Crippen molar-refractivity contribution in [3.05, 3.63) is 59.7 Å². The van der Waals surface area contributed by atoms with Gasteiger partial charge in [-0.25, -0.2) is 4.79 Å². The molecule has 1 aliphatic heterocycles. The first kappa shape index (κ1) is 27.4. The molecular weight excluding hydrogens is 452 g/mol. The number of ether oxygens (including phenoxy) is 1. The molecule has 7 nitrogen and oxygen atoms in total. The predicted octanol–water partition coefficient (Wildman–Crippen LogP) is 5.57. The van der Waals surface area contributed by atoms with Gasteiger partial charge in [-0.2, -0.15) is 0 Å². The lowest BCUT2D eigenvalue weighted by Gasteiger charge is -2.26. The highest BCUT2D eigenvalue weighted by atomic mass is 16.6. The van der Waals surface area contributed by atoms with Crippen molar-refractivity contribution >= 4 is 23.4 Å². The maximum atomic E-state index is 12.6. The van der Waals surface area contributed by atoms with Gasteiger partial charge in [0.15, 0.2) is 0 Å². The van der Waals surface area contributed by atoms with E-state index in [1.165, 1.54) is 18.5 Å². The van der Waals surface area contributed by atoms with Gasteiger partial charge in [-0.3, -0.25) is 4.79 Å². The van der Waals surface area contributed by atoms with Gasteiger partial charge in [0.05, 0.1) is 0 Å². The fraction of sp³-hybridized carbons (Fsp3) is 0.517. The molecule has 1 fully saturated rings. The van der Waals surface area contributed by atoms with Gasteiger partial charge in [0.25, 0.3) is 5.91 Å². The number of hydrogen-bond acceptors (Lipinski definition) is 5. The Bertz CT molecular complexity index is 982. The van der Waals surface area contributed by atoms with Crippen LogP contribution in [0.5, 0.6) is 0 Å². The minimum absolute atomic E-state index is 0.0994. The average Bonchev–Trinajstić information content (AvgIpc) is 3.40. The van der Waals surface area contributed by atoms with Gasteiger partial charge in [0, 0.05) is 49.7 Å². The van der Waals surface area contributed by atoms with E-state index in [9.17, 15) is 9.59 Å². The quantitative estimate of drug-likeness (QED) is 0.336. The van der Waals surface area contributed by atoms with Crippen LogP contribution in [0.4, 0.5) is 16.2 Å². The van der Waals surface area contributed by atoms with Gasteiger partial charge >= 0.3 is 6.09 Å². The fourth-order valence-corrected chi connectivity index (χ4v) is 4.21. The number of nitrogens with one attached hydrogen (secondary N) is 3. The summed E-state index contributed by atoms with van der Waals surface area (Å²) in [6.45, 7) is 11.9. The van der Waals surface area contributed by atoms with Crippen molar-refractivity contribution < 1.29 is 14.3 Å². The van der Waals surface area contributed by atoms with Gasteiger partial charge in [0.2, 0.25) is 0 Å². The van der Waals surface area contributed by atoms with Crippen LogP contribution in [0.1, 0.15) is 69.3 Å². The van der Waals surface area contributed by atoms with Crippen molar-refractivity contribution in [2.75, 3.05) is 36.4 Å². The topological polar surface area (TPSA) is 82.7 Å². The highest BCUT2D eigenvalue weighted by Crippen LogP contribution is 2.22. The number of alkyl carbamates (subject to hydrolysis) is 1. The number of amides is 2. The van der Waals surface area contributed by atoms with Crippen LogP contribution < -0.4 is 20.9 Å². The Kier molecular flexibility index (Phi) is 10.0. The molecule has 2 amide bonds. The third kappa shape index (κ3) is 9.10. The molecule has 0 aliphatic carbocycles. The molecule has 3 N–H and O–H groups in total. The highest BCUT2D eigenvalue weighted by molar-refractivity contribution is 5.94. The molecule has 1 saturated heterocycles. The molecule has 36 heavy (non-hydrogen) atoms. The molecule has 2 aromatic carbocycles. The summed E-state index contributed by atoms with van der Waals surface area (Å²) in [6, 6.07) is 15.7. The van der Waals surface area contributed by atoms with Crippen LogP contribution in [-0.4, -0.2) is 43.8 Å². The molecule has 0 unspecified atom stereocenters. The fourth-order valence-electron chi connectivity index (χ4n) is 4.21. The zero-order valence-electron chi connectivity index (χ0n) is 22.2. The largest absolute Gasteiger partial charge is 0.444 e. The SMILES string of the molecule is CC(C)CCC(C)(C)OC(=O)NCCNc1ccc(C(=O)NCc2cccc(N3CCCC3)c2)cc1. The van der Waals surface area contributed by atoms with Crippen LogP contribution >= 0.6 is 0 Å². The summed E-state index contributed by atoms with van der Waals surface area (Å²) in [4.78, 5) is 27.1. The number of rotatable bonds is 12. The molecule has 0 radical (unpaired) electrons. The molecule has 0 aromatic heterocycles. The number of anilines is 2. The molecule has 1 heterocycles. The molecule has 0 bridgehead atoms. The summed E-state index contributed by atoms with van der Waals surface area (Å²) in [5, 5.41) is 9.05. The van der Waals surface area contributed by atoms with Crippen LogP contribution in [-0.2, 0) is 11.3 Å². The van der Waals surface area contributed by atoms with Crippen molar-refractivity contribution in [3.63, 3.8) is 0 Å². The first-order valence-electron chi connectivity index (χ1n) is 13.1. The molecule has 2 aromatic rings. The average molecular weight is 495 g/mol. The van der Waals surface area contributed by atoms with E-state index in [2.05, 4.69) is 52.9 Å². The zero-order chi connectivity index (χ0) is 26.0. The maximum Gasteiger partial charge on any atom is 0.407 e. The van der Waals surface area contributed by atoms with E-state index >= 15 is 0 Å². The summed E-state index contributed by atoms with van der Waals surface area (Å²) in [6.07, 6.45) is 3.93. The number of carbonyl (C=O) groups is 2. The molecule has 3 rings (SSSR count). The predicted molar refractivity (Wildman–Crippen MR) is 147 cm³/mol. The minimum atomic E-state index is -0.477. The van der Waals surface area contributed by atoms with Crippen LogP contribution in [0.25, 0.3) is 0 Å². The Morgan fingerprint density at radius 2 is 1.72 bits per heavy atom. The van der Waals surface area contributed by atoms with E-state index in [4.69, 9.17) is 4.74 Å². The van der Waals surface area contributed by atoms with Crippen molar-refractivity contribution in [3.8, 4) is 0 Å². The molecule has 0 saturated carbocycles. The van der Waals surface area contributed by atoms with Crippen LogP contribution in [0.3, 0.4) is 0 Å². The number of nitrogens with zero attached hydrogens (tertiary/aromatic N) is 1. The Morgan fingerprint density at radius 3 is 2.42 bits per heavy atom. The Balaban J connectivity index is 1.37. The second kappa shape index (κ2) is 13.2. The third-order valence-electron chi connectivity index (χ3n) is 6.40. The highest BCUT2D eigenvalue weighted by Gasteiger charge is 2.22. The lowest BCUT2D eigenvalue weighted by molar-refractivity contribution is 0.0292. The first-order chi connectivity index (χ1) is 17.2. The minimum Gasteiger partial charge on any atom is -0.444 e. The van der Waals surface area contributed by atoms with Crippen molar-refractivity contribution in [1.29, 1.82) is 0 Å². The van der Waals surface area contributed by atoms with Gasteiger partial charge in [-0.05, 0) is 87.4 Å². The second-order valence-electron chi connectivity index (χ2n) is 10.6.